The second kappa shape index (κ2) is 5.34. The number of thiophene rings is 1. The number of hydrogen-bond donors (Lipinski definition) is 1. The number of nitrogens with one attached hydrogen (secondary N) is 1. The lowest BCUT2D eigenvalue weighted by atomic mass is 10.0. The number of aryl methyl sites for hydroxylation is 1. The summed E-state index contributed by atoms with van der Waals surface area (Å²) in [5.41, 5.74) is 0. The van der Waals surface area contributed by atoms with Gasteiger partial charge in [0.1, 0.15) is 0 Å². The van der Waals surface area contributed by atoms with Crippen LogP contribution in [0.4, 0.5) is 0 Å². The highest BCUT2D eigenvalue weighted by Crippen LogP contribution is 2.57. The van der Waals surface area contributed by atoms with Crippen LogP contribution in [0.15, 0.2) is 12.1 Å². The molecule has 0 spiro atoms. The van der Waals surface area contributed by atoms with Crippen LogP contribution in [0.1, 0.15) is 42.4 Å². The summed E-state index contributed by atoms with van der Waals surface area (Å²) in [7, 11) is 2.16. The highest BCUT2D eigenvalue weighted by molar-refractivity contribution is 7.11. The van der Waals surface area contributed by atoms with E-state index in [1.807, 2.05) is 11.3 Å². The van der Waals surface area contributed by atoms with Crippen molar-refractivity contribution in [3.05, 3.63) is 21.9 Å². The SMILES string of the molecule is CCc1ccc(CC(NC)C2C3CCCCC32)s1. The van der Waals surface area contributed by atoms with Gasteiger partial charge in [-0.15, -0.1) is 11.3 Å². The third-order valence-corrected chi connectivity index (χ3v) is 6.30. The molecule has 3 rings (SSSR count). The van der Waals surface area contributed by atoms with E-state index < -0.39 is 0 Å². The maximum absolute atomic E-state index is 3.60. The van der Waals surface area contributed by atoms with Gasteiger partial charge in [-0.25, -0.2) is 0 Å². The summed E-state index contributed by atoms with van der Waals surface area (Å²) in [5, 5.41) is 3.60. The fraction of sp³-hybridized carbons (Fsp3) is 0.750. The first kappa shape index (κ1) is 12.7. The molecule has 1 aromatic rings. The van der Waals surface area contributed by atoms with Gasteiger partial charge in [-0.3, -0.25) is 0 Å². The van der Waals surface area contributed by atoms with E-state index in [-0.39, 0.29) is 0 Å². The van der Waals surface area contributed by atoms with Crippen molar-refractivity contribution in [1.82, 2.24) is 5.32 Å². The fourth-order valence-corrected chi connectivity index (χ4v) is 5.03. The van der Waals surface area contributed by atoms with Crippen LogP contribution in [-0.2, 0) is 12.8 Å². The third kappa shape index (κ3) is 2.37. The van der Waals surface area contributed by atoms with Crippen molar-refractivity contribution in [2.45, 2.75) is 51.5 Å². The molecule has 1 nitrogen and oxygen atoms in total. The van der Waals surface area contributed by atoms with Crippen molar-refractivity contribution in [3.8, 4) is 0 Å². The van der Waals surface area contributed by atoms with Gasteiger partial charge < -0.3 is 5.32 Å². The van der Waals surface area contributed by atoms with E-state index in [0.717, 1.165) is 23.8 Å². The molecule has 1 aromatic heterocycles. The molecular formula is C16H25NS. The molecule has 2 fully saturated rings. The van der Waals surface area contributed by atoms with Crippen LogP contribution in [0.3, 0.4) is 0 Å². The number of likely N-dealkylation sites (N-methyl/N-ethyl adjacent to an activating group) is 1. The summed E-state index contributed by atoms with van der Waals surface area (Å²) in [4.78, 5) is 3.11. The monoisotopic (exact) mass is 263 g/mol. The Labute approximate surface area is 115 Å². The molecule has 2 heteroatoms. The van der Waals surface area contributed by atoms with Crippen molar-refractivity contribution in [2.75, 3.05) is 7.05 Å². The zero-order valence-electron chi connectivity index (χ0n) is 11.6. The van der Waals surface area contributed by atoms with Crippen LogP contribution in [0.25, 0.3) is 0 Å². The predicted octanol–water partition coefficient (Wildman–Crippen LogP) is 3.88. The van der Waals surface area contributed by atoms with Crippen molar-refractivity contribution in [1.29, 1.82) is 0 Å². The number of rotatable bonds is 5. The smallest absolute Gasteiger partial charge is 0.0146 e. The average molecular weight is 263 g/mol. The summed E-state index contributed by atoms with van der Waals surface area (Å²) in [6.07, 6.45) is 8.39. The van der Waals surface area contributed by atoms with Gasteiger partial charge >= 0.3 is 0 Å². The molecule has 2 aliphatic carbocycles. The number of fused-ring (bicyclic) bond motifs is 1. The molecule has 2 saturated carbocycles. The Balaban J connectivity index is 1.63. The molecule has 18 heavy (non-hydrogen) atoms. The van der Waals surface area contributed by atoms with Crippen LogP contribution in [0.2, 0.25) is 0 Å². The van der Waals surface area contributed by atoms with Gasteiger partial charge in [-0.05, 0) is 62.6 Å². The molecule has 0 radical (unpaired) electrons. The average Bonchev–Trinajstić information content (AvgIpc) is 2.96. The molecule has 100 valence electrons. The topological polar surface area (TPSA) is 12.0 Å². The van der Waals surface area contributed by atoms with Crippen molar-refractivity contribution in [2.24, 2.45) is 17.8 Å². The van der Waals surface area contributed by atoms with E-state index in [9.17, 15) is 0 Å². The second-order valence-corrected chi connectivity index (χ2v) is 7.26. The van der Waals surface area contributed by atoms with E-state index >= 15 is 0 Å². The lowest BCUT2D eigenvalue weighted by molar-refractivity contribution is 0.462. The quantitative estimate of drug-likeness (QED) is 0.850. The van der Waals surface area contributed by atoms with Gasteiger partial charge in [-0.2, -0.15) is 0 Å². The minimum absolute atomic E-state index is 0.724. The Morgan fingerprint density at radius 1 is 1.22 bits per heavy atom. The zero-order valence-corrected chi connectivity index (χ0v) is 12.4. The highest BCUT2D eigenvalue weighted by Gasteiger charge is 2.53. The third-order valence-electron chi connectivity index (χ3n) is 5.05. The van der Waals surface area contributed by atoms with E-state index in [4.69, 9.17) is 0 Å². The molecule has 1 heterocycles. The maximum Gasteiger partial charge on any atom is 0.0146 e. The standard InChI is InChI=1S/C16H25NS/c1-3-11-8-9-12(18-11)10-15(17-2)16-13-6-4-5-7-14(13)16/h8-9,13-17H,3-7,10H2,1-2H3. The normalized spacial score (nSPS) is 32.0. The van der Waals surface area contributed by atoms with E-state index in [0.29, 0.717) is 0 Å². The molecule has 1 N–H and O–H groups in total. The molecule has 0 aliphatic heterocycles. The Morgan fingerprint density at radius 3 is 2.44 bits per heavy atom. The van der Waals surface area contributed by atoms with Gasteiger partial charge in [0, 0.05) is 15.8 Å². The first-order chi connectivity index (χ1) is 8.83. The summed E-state index contributed by atoms with van der Waals surface area (Å²) < 4.78 is 0. The lowest BCUT2D eigenvalue weighted by Gasteiger charge is -2.15. The second-order valence-electron chi connectivity index (χ2n) is 6.01. The minimum atomic E-state index is 0.724. The Bertz CT molecular complexity index is 386. The first-order valence-corrected chi connectivity index (χ1v) is 8.40. The minimum Gasteiger partial charge on any atom is -0.316 e. The lowest BCUT2D eigenvalue weighted by Crippen LogP contribution is -2.30. The molecule has 0 aromatic carbocycles. The largest absolute Gasteiger partial charge is 0.316 e. The van der Waals surface area contributed by atoms with Crippen LogP contribution in [0, 0.1) is 17.8 Å². The van der Waals surface area contributed by atoms with Crippen LogP contribution in [0.5, 0.6) is 0 Å². The molecular weight excluding hydrogens is 238 g/mol. The van der Waals surface area contributed by atoms with Crippen molar-refractivity contribution < 1.29 is 0 Å². The van der Waals surface area contributed by atoms with E-state index in [1.165, 1.54) is 43.4 Å². The molecule has 0 bridgehead atoms. The van der Waals surface area contributed by atoms with Gasteiger partial charge in [0.2, 0.25) is 0 Å². The molecule has 0 saturated heterocycles. The Hall–Kier alpha value is -0.340. The summed E-state index contributed by atoms with van der Waals surface area (Å²) >= 11 is 2.02. The predicted molar refractivity (Wildman–Crippen MR) is 79.2 cm³/mol. The van der Waals surface area contributed by atoms with Gasteiger partial charge in [0.05, 0.1) is 0 Å². The number of hydrogen-bond acceptors (Lipinski definition) is 2. The maximum atomic E-state index is 3.60. The van der Waals surface area contributed by atoms with Crippen LogP contribution >= 0.6 is 11.3 Å². The Kier molecular flexibility index (Phi) is 3.76. The van der Waals surface area contributed by atoms with Gasteiger partial charge in [0.25, 0.3) is 0 Å². The van der Waals surface area contributed by atoms with E-state index in [2.05, 4.69) is 31.4 Å². The Morgan fingerprint density at radius 2 is 1.89 bits per heavy atom. The summed E-state index contributed by atoms with van der Waals surface area (Å²) in [6.45, 7) is 2.25. The summed E-state index contributed by atoms with van der Waals surface area (Å²) in [6, 6.07) is 5.38. The van der Waals surface area contributed by atoms with Crippen LogP contribution in [-0.4, -0.2) is 13.1 Å². The van der Waals surface area contributed by atoms with Crippen LogP contribution < -0.4 is 5.32 Å². The van der Waals surface area contributed by atoms with Crippen molar-refractivity contribution in [3.63, 3.8) is 0 Å². The van der Waals surface area contributed by atoms with Gasteiger partial charge in [-0.1, -0.05) is 19.8 Å². The fourth-order valence-electron chi connectivity index (χ4n) is 4.01. The molecule has 3 atom stereocenters. The molecule has 2 aliphatic rings. The summed E-state index contributed by atoms with van der Waals surface area (Å²) in [5.74, 6) is 3.09. The van der Waals surface area contributed by atoms with E-state index in [1.54, 1.807) is 4.88 Å². The molecule has 0 amide bonds. The van der Waals surface area contributed by atoms with Crippen molar-refractivity contribution >= 4 is 11.3 Å². The highest BCUT2D eigenvalue weighted by atomic mass is 32.1. The van der Waals surface area contributed by atoms with Gasteiger partial charge in [0.15, 0.2) is 0 Å². The zero-order chi connectivity index (χ0) is 12.5. The first-order valence-electron chi connectivity index (χ1n) is 7.58. The molecule has 3 unspecified atom stereocenters.